The quantitative estimate of drug-likeness (QED) is 0.655. The van der Waals surface area contributed by atoms with Crippen molar-refractivity contribution in [2.75, 3.05) is 5.73 Å². The standard InChI is InChI=1S/C15H14ClN3/c1-8-4-3-5-11(9(8)2)15-18-13-7-10(16)6-12(17)14(13)19-15/h3-7H,17H2,1-2H3,(H,18,19). The van der Waals surface area contributed by atoms with E-state index in [1.165, 1.54) is 11.1 Å². The number of aryl methyl sites for hydroxylation is 1. The zero-order valence-electron chi connectivity index (χ0n) is 10.8. The number of fused-ring (bicyclic) bond motifs is 1. The summed E-state index contributed by atoms with van der Waals surface area (Å²) < 4.78 is 0. The number of anilines is 1. The number of benzene rings is 2. The van der Waals surface area contributed by atoms with Gasteiger partial charge in [-0.1, -0.05) is 29.8 Å². The predicted octanol–water partition coefficient (Wildman–Crippen LogP) is 4.08. The largest absolute Gasteiger partial charge is 0.397 e. The molecule has 0 spiro atoms. The van der Waals surface area contributed by atoms with E-state index in [2.05, 4.69) is 35.9 Å². The van der Waals surface area contributed by atoms with E-state index in [4.69, 9.17) is 17.3 Å². The highest BCUT2D eigenvalue weighted by atomic mass is 35.5. The molecule has 0 unspecified atom stereocenters. The van der Waals surface area contributed by atoms with E-state index >= 15 is 0 Å². The van der Waals surface area contributed by atoms with Crippen LogP contribution in [0.15, 0.2) is 30.3 Å². The highest BCUT2D eigenvalue weighted by molar-refractivity contribution is 6.31. The minimum atomic E-state index is 0.593. The molecule has 3 rings (SSSR count). The summed E-state index contributed by atoms with van der Waals surface area (Å²) >= 11 is 6.01. The van der Waals surface area contributed by atoms with Gasteiger partial charge in [0, 0.05) is 10.6 Å². The van der Waals surface area contributed by atoms with Crippen molar-refractivity contribution in [1.82, 2.24) is 9.97 Å². The van der Waals surface area contributed by atoms with Crippen LogP contribution in [0.5, 0.6) is 0 Å². The lowest BCUT2D eigenvalue weighted by Gasteiger charge is -2.05. The fourth-order valence-corrected chi connectivity index (χ4v) is 2.47. The van der Waals surface area contributed by atoms with Gasteiger partial charge < -0.3 is 10.7 Å². The second-order valence-electron chi connectivity index (χ2n) is 4.72. The maximum absolute atomic E-state index is 6.01. The van der Waals surface area contributed by atoms with E-state index in [0.29, 0.717) is 10.7 Å². The van der Waals surface area contributed by atoms with Gasteiger partial charge in [0.25, 0.3) is 0 Å². The van der Waals surface area contributed by atoms with E-state index in [0.717, 1.165) is 22.4 Å². The first-order valence-corrected chi connectivity index (χ1v) is 6.45. The third-order valence-corrected chi connectivity index (χ3v) is 3.66. The predicted molar refractivity (Wildman–Crippen MR) is 80.4 cm³/mol. The molecule has 0 fully saturated rings. The highest BCUT2D eigenvalue weighted by Gasteiger charge is 2.11. The van der Waals surface area contributed by atoms with Crippen molar-refractivity contribution in [1.29, 1.82) is 0 Å². The summed E-state index contributed by atoms with van der Waals surface area (Å²) in [5, 5.41) is 0.612. The van der Waals surface area contributed by atoms with Gasteiger partial charge in [-0.3, -0.25) is 0 Å². The average Bonchev–Trinajstić information content (AvgIpc) is 2.76. The molecule has 3 nitrogen and oxygen atoms in total. The van der Waals surface area contributed by atoms with Gasteiger partial charge in [-0.05, 0) is 37.1 Å². The van der Waals surface area contributed by atoms with Crippen LogP contribution in [-0.2, 0) is 0 Å². The van der Waals surface area contributed by atoms with Crippen LogP contribution < -0.4 is 5.73 Å². The first kappa shape index (κ1) is 12.1. The van der Waals surface area contributed by atoms with Crippen LogP contribution in [-0.4, -0.2) is 9.97 Å². The molecule has 4 heteroatoms. The summed E-state index contributed by atoms with van der Waals surface area (Å²) in [6.07, 6.45) is 0. The second kappa shape index (κ2) is 4.28. The van der Waals surface area contributed by atoms with Crippen LogP contribution in [0.4, 0.5) is 5.69 Å². The molecule has 0 atom stereocenters. The Labute approximate surface area is 116 Å². The fourth-order valence-electron chi connectivity index (χ4n) is 2.24. The minimum absolute atomic E-state index is 0.593. The maximum Gasteiger partial charge on any atom is 0.138 e. The Balaban J connectivity index is 2.26. The third-order valence-electron chi connectivity index (χ3n) is 3.44. The van der Waals surface area contributed by atoms with E-state index < -0.39 is 0 Å². The number of hydrogen-bond acceptors (Lipinski definition) is 2. The van der Waals surface area contributed by atoms with Gasteiger partial charge in [-0.25, -0.2) is 4.98 Å². The molecule has 0 aliphatic rings. The SMILES string of the molecule is Cc1cccc(-c2nc3c(N)cc(Cl)cc3[nH]2)c1C. The molecule has 0 saturated carbocycles. The van der Waals surface area contributed by atoms with E-state index in [9.17, 15) is 0 Å². The number of halogens is 1. The molecule has 0 saturated heterocycles. The van der Waals surface area contributed by atoms with Crippen LogP contribution in [0.25, 0.3) is 22.4 Å². The lowest BCUT2D eigenvalue weighted by atomic mass is 10.0. The first-order valence-electron chi connectivity index (χ1n) is 6.07. The summed E-state index contributed by atoms with van der Waals surface area (Å²) in [5.41, 5.74) is 11.7. The molecular weight excluding hydrogens is 258 g/mol. The number of aromatic nitrogens is 2. The lowest BCUT2D eigenvalue weighted by molar-refractivity contribution is 1.27. The van der Waals surface area contributed by atoms with Crippen molar-refractivity contribution < 1.29 is 0 Å². The maximum atomic E-state index is 6.01. The molecule has 3 N–H and O–H groups in total. The molecule has 1 aromatic heterocycles. The van der Waals surface area contributed by atoms with Crippen molar-refractivity contribution in [3.63, 3.8) is 0 Å². The molecule has 0 radical (unpaired) electrons. The zero-order valence-corrected chi connectivity index (χ0v) is 11.5. The van der Waals surface area contributed by atoms with Crippen molar-refractivity contribution >= 4 is 28.3 Å². The molecule has 1 heterocycles. The van der Waals surface area contributed by atoms with Crippen molar-refractivity contribution in [2.45, 2.75) is 13.8 Å². The number of nitrogens with one attached hydrogen (secondary N) is 1. The van der Waals surface area contributed by atoms with Crippen LogP contribution >= 0.6 is 11.6 Å². The minimum Gasteiger partial charge on any atom is -0.397 e. The fraction of sp³-hybridized carbons (Fsp3) is 0.133. The van der Waals surface area contributed by atoms with E-state index in [1.807, 2.05) is 12.1 Å². The van der Waals surface area contributed by atoms with Gasteiger partial charge >= 0.3 is 0 Å². The smallest absolute Gasteiger partial charge is 0.138 e. The van der Waals surface area contributed by atoms with E-state index in [-0.39, 0.29) is 0 Å². The van der Waals surface area contributed by atoms with Crippen molar-refractivity contribution in [3.8, 4) is 11.4 Å². The number of nitrogen functional groups attached to an aromatic ring is 1. The number of nitrogens with two attached hydrogens (primary N) is 1. The lowest BCUT2D eigenvalue weighted by Crippen LogP contribution is -1.88. The van der Waals surface area contributed by atoms with Gasteiger partial charge in [0.05, 0.1) is 11.2 Å². The average molecular weight is 272 g/mol. The van der Waals surface area contributed by atoms with Crippen LogP contribution in [0, 0.1) is 13.8 Å². The number of rotatable bonds is 1. The summed E-state index contributed by atoms with van der Waals surface area (Å²) in [6.45, 7) is 4.18. The monoisotopic (exact) mass is 271 g/mol. The molecule has 0 aliphatic heterocycles. The number of imidazole rings is 1. The van der Waals surface area contributed by atoms with Crippen molar-refractivity contribution in [3.05, 3.63) is 46.5 Å². The topological polar surface area (TPSA) is 54.7 Å². The zero-order chi connectivity index (χ0) is 13.6. The Bertz CT molecular complexity index is 774. The Hall–Kier alpha value is -2.00. The van der Waals surface area contributed by atoms with Gasteiger partial charge in [0.2, 0.25) is 0 Å². The first-order chi connectivity index (χ1) is 9.06. The summed E-state index contributed by atoms with van der Waals surface area (Å²) in [4.78, 5) is 7.87. The van der Waals surface area contributed by atoms with Gasteiger partial charge in [0.1, 0.15) is 11.3 Å². The Morgan fingerprint density at radius 1 is 1.21 bits per heavy atom. The summed E-state index contributed by atoms with van der Waals surface area (Å²) in [5.74, 6) is 0.824. The Kier molecular flexibility index (Phi) is 2.72. The number of H-pyrrole nitrogens is 1. The normalized spacial score (nSPS) is 11.1. The van der Waals surface area contributed by atoms with E-state index in [1.54, 1.807) is 6.07 Å². The molecule has 19 heavy (non-hydrogen) atoms. The van der Waals surface area contributed by atoms with Gasteiger partial charge in [-0.2, -0.15) is 0 Å². The van der Waals surface area contributed by atoms with Crippen LogP contribution in [0.3, 0.4) is 0 Å². The number of aromatic amines is 1. The molecule has 0 bridgehead atoms. The Morgan fingerprint density at radius 3 is 2.79 bits per heavy atom. The molecule has 2 aromatic carbocycles. The second-order valence-corrected chi connectivity index (χ2v) is 5.16. The number of hydrogen-bond donors (Lipinski definition) is 2. The highest BCUT2D eigenvalue weighted by Crippen LogP contribution is 2.29. The van der Waals surface area contributed by atoms with Crippen LogP contribution in [0.2, 0.25) is 5.02 Å². The third kappa shape index (κ3) is 1.96. The summed E-state index contributed by atoms with van der Waals surface area (Å²) in [7, 11) is 0. The summed E-state index contributed by atoms with van der Waals surface area (Å²) in [6, 6.07) is 9.73. The molecule has 3 aromatic rings. The Morgan fingerprint density at radius 2 is 2.00 bits per heavy atom. The molecular formula is C15H14ClN3. The van der Waals surface area contributed by atoms with Gasteiger partial charge in [0.15, 0.2) is 0 Å². The number of nitrogens with zero attached hydrogens (tertiary/aromatic N) is 1. The van der Waals surface area contributed by atoms with Crippen molar-refractivity contribution in [2.24, 2.45) is 0 Å². The molecule has 96 valence electrons. The molecule has 0 amide bonds. The van der Waals surface area contributed by atoms with Gasteiger partial charge in [-0.15, -0.1) is 0 Å². The molecule has 0 aliphatic carbocycles. The van der Waals surface area contributed by atoms with Crippen LogP contribution in [0.1, 0.15) is 11.1 Å².